The predicted octanol–water partition coefficient (Wildman–Crippen LogP) is 0.275. The van der Waals surface area contributed by atoms with Gasteiger partial charge in [0, 0.05) is 5.43 Å². The van der Waals surface area contributed by atoms with Crippen molar-refractivity contribution in [2.24, 2.45) is 5.10 Å². The molecule has 8 heteroatoms. The third-order valence-corrected chi connectivity index (χ3v) is 0.900. The molecule has 1 aliphatic heterocycles. The van der Waals surface area contributed by atoms with E-state index in [0.29, 0.717) is 6.08 Å². The summed E-state index contributed by atoms with van der Waals surface area (Å²) in [5, 5.41) is 12.9. The fourth-order valence-corrected chi connectivity index (χ4v) is 0.507. The molecule has 0 saturated heterocycles. The number of rotatable bonds is 2. The SMILES string of the molecule is O=[N+]([O-])C1=N[N]C(OC(F)F)=C1. The van der Waals surface area contributed by atoms with Crippen molar-refractivity contribution in [1.29, 1.82) is 0 Å². The fourth-order valence-electron chi connectivity index (χ4n) is 0.507. The molecule has 12 heavy (non-hydrogen) atoms. The molecule has 1 rings (SSSR count). The highest BCUT2D eigenvalue weighted by Crippen LogP contribution is 2.08. The second-order valence-electron chi connectivity index (χ2n) is 1.68. The summed E-state index contributed by atoms with van der Waals surface area (Å²) < 4.78 is 26.7. The van der Waals surface area contributed by atoms with Crippen molar-refractivity contribution in [3.05, 3.63) is 22.1 Å². The Hall–Kier alpha value is -1.73. The van der Waals surface area contributed by atoms with E-state index in [0.717, 1.165) is 0 Å². The van der Waals surface area contributed by atoms with Gasteiger partial charge in [0.25, 0.3) is 5.88 Å². The predicted molar refractivity (Wildman–Crippen MR) is 31.7 cm³/mol. The molecule has 0 amide bonds. The lowest BCUT2D eigenvalue weighted by Crippen LogP contribution is -2.06. The van der Waals surface area contributed by atoms with Crippen LogP contribution in [0.15, 0.2) is 17.1 Å². The summed E-state index contributed by atoms with van der Waals surface area (Å²) in [6.07, 6.45) is 0.714. The normalized spacial score (nSPS) is 15.2. The highest BCUT2D eigenvalue weighted by Gasteiger charge is 2.24. The maximum atomic E-state index is 11.5. The number of hydrogen-bond donors (Lipinski definition) is 0. The summed E-state index contributed by atoms with van der Waals surface area (Å²) in [4.78, 5) is 9.10. The van der Waals surface area contributed by atoms with E-state index in [-0.39, 0.29) is 0 Å². The van der Waals surface area contributed by atoms with E-state index < -0.39 is 23.3 Å². The second-order valence-corrected chi connectivity index (χ2v) is 1.68. The largest absolute Gasteiger partial charge is 0.413 e. The van der Waals surface area contributed by atoms with Gasteiger partial charge in [0.2, 0.25) is 0 Å². The molecule has 6 nitrogen and oxygen atoms in total. The first-order chi connectivity index (χ1) is 5.59. The Kier molecular flexibility index (Phi) is 2.17. The molecule has 0 saturated carbocycles. The van der Waals surface area contributed by atoms with Crippen molar-refractivity contribution in [3.63, 3.8) is 0 Å². The zero-order valence-corrected chi connectivity index (χ0v) is 5.48. The van der Waals surface area contributed by atoms with Crippen molar-refractivity contribution in [2.45, 2.75) is 6.61 Å². The van der Waals surface area contributed by atoms with Crippen molar-refractivity contribution >= 4 is 5.84 Å². The van der Waals surface area contributed by atoms with E-state index in [1.807, 2.05) is 0 Å². The van der Waals surface area contributed by atoms with E-state index in [9.17, 15) is 18.9 Å². The molecule has 0 aromatic carbocycles. The van der Waals surface area contributed by atoms with Gasteiger partial charge in [0.1, 0.15) is 6.08 Å². The second kappa shape index (κ2) is 3.11. The van der Waals surface area contributed by atoms with E-state index in [4.69, 9.17) is 0 Å². The van der Waals surface area contributed by atoms with Gasteiger partial charge in [-0.05, 0) is 4.92 Å². The third-order valence-electron chi connectivity index (χ3n) is 0.900. The monoisotopic (exact) mass is 178 g/mol. The van der Waals surface area contributed by atoms with Gasteiger partial charge in [0.15, 0.2) is 0 Å². The number of amidine groups is 1. The van der Waals surface area contributed by atoms with Crippen LogP contribution in [0.3, 0.4) is 0 Å². The van der Waals surface area contributed by atoms with Gasteiger partial charge in [-0.25, -0.2) is 0 Å². The molecule has 0 N–H and O–H groups in total. The quantitative estimate of drug-likeness (QED) is 0.449. The van der Waals surface area contributed by atoms with Crippen LogP contribution in [0.1, 0.15) is 0 Å². The molecular formula is C4H2F2N3O3. The first kappa shape index (κ1) is 8.37. The molecule has 0 spiro atoms. The maximum absolute atomic E-state index is 11.5. The highest BCUT2D eigenvalue weighted by atomic mass is 19.3. The van der Waals surface area contributed by atoms with Crippen LogP contribution in [0.4, 0.5) is 8.78 Å². The molecule has 1 heterocycles. The Morgan fingerprint density at radius 3 is 2.75 bits per heavy atom. The first-order valence-electron chi connectivity index (χ1n) is 2.69. The Labute approximate surface area is 64.7 Å². The lowest BCUT2D eigenvalue weighted by atomic mass is 10.6. The molecule has 0 fully saturated rings. The summed E-state index contributed by atoms with van der Waals surface area (Å²) in [6.45, 7) is -3.05. The Morgan fingerprint density at radius 1 is 1.67 bits per heavy atom. The summed E-state index contributed by atoms with van der Waals surface area (Å²) in [7, 11) is 0. The van der Waals surface area contributed by atoms with Gasteiger partial charge < -0.3 is 14.9 Å². The highest BCUT2D eigenvalue weighted by molar-refractivity contribution is 5.87. The number of alkyl halides is 2. The Balaban J connectivity index is 2.55. The molecule has 0 atom stereocenters. The molecule has 65 valence electrons. The molecule has 0 unspecified atom stereocenters. The first-order valence-corrected chi connectivity index (χ1v) is 2.69. The van der Waals surface area contributed by atoms with E-state index in [2.05, 4.69) is 15.3 Å². The molecule has 0 bridgehead atoms. The van der Waals surface area contributed by atoms with E-state index in [1.54, 1.807) is 0 Å². The van der Waals surface area contributed by atoms with E-state index in [1.165, 1.54) is 0 Å². The summed E-state index contributed by atoms with van der Waals surface area (Å²) in [5.74, 6) is -1.18. The average molecular weight is 178 g/mol. The van der Waals surface area contributed by atoms with Gasteiger partial charge in [-0.15, -0.1) is 0 Å². The smallest absolute Gasteiger partial charge is 0.396 e. The van der Waals surface area contributed by atoms with Crippen molar-refractivity contribution in [2.75, 3.05) is 0 Å². The molecule has 0 aromatic heterocycles. The minimum Gasteiger partial charge on any atom is -0.413 e. The number of nitrogens with zero attached hydrogens (tertiary/aromatic N) is 3. The zero-order chi connectivity index (χ0) is 9.14. The van der Waals surface area contributed by atoms with Crippen LogP contribution in [-0.4, -0.2) is 17.4 Å². The molecule has 1 radical (unpaired) electrons. The summed E-state index contributed by atoms with van der Waals surface area (Å²) in [6, 6.07) is 0. The minimum absolute atomic E-state index is 0.559. The zero-order valence-electron chi connectivity index (χ0n) is 5.48. The van der Waals surface area contributed by atoms with Crippen LogP contribution in [0.25, 0.3) is 0 Å². The molecule has 1 aliphatic rings. The Morgan fingerprint density at radius 2 is 2.33 bits per heavy atom. The van der Waals surface area contributed by atoms with Gasteiger partial charge >= 0.3 is 12.4 Å². The van der Waals surface area contributed by atoms with Crippen LogP contribution in [0.2, 0.25) is 0 Å². The van der Waals surface area contributed by atoms with Crippen LogP contribution >= 0.6 is 0 Å². The number of halogens is 2. The van der Waals surface area contributed by atoms with E-state index >= 15 is 0 Å². The maximum Gasteiger partial charge on any atom is 0.396 e. The van der Waals surface area contributed by atoms with Gasteiger partial charge in [0.05, 0.1) is 5.10 Å². The van der Waals surface area contributed by atoms with Gasteiger partial charge in [-0.2, -0.15) is 8.78 Å². The van der Waals surface area contributed by atoms with Crippen molar-refractivity contribution < 1.29 is 18.4 Å². The number of ether oxygens (including phenoxy) is 1. The number of nitro groups is 1. The summed E-state index contributed by atoms with van der Waals surface area (Å²) in [5.41, 5.74) is 2.98. The standard InChI is InChI=1S/C4H2F2N3O3/c5-4(6)12-3-1-2(7-8-3)9(10)11/h1,4H. The van der Waals surface area contributed by atoms with Gasteiger partial charge in [-0.1, -0.05) is 0 Å². The fraction of sp³-hybridized carbons (Fsp3) is 0.250. The van der Waals surface area contributed by atoms with Crippen LogP contribution in [-0.2, 0) is 4.74 Å². The van der Waals surface area contributed by atoms with Crippen LogP contribution in [0, 0.1) is 10.1 Å². The van der Waals surface area contributed by atoms with Crippen LogP contribution in [0.5, 0.6) is 0 Å². The molecule has 0 aliphatic carbocycles. The van der Waals surface area contributed by atoms with Crippen LogP contribution < -0.4 is 5.43 Å². The van der Waals surface area contributed by atoms with Crippen molar-refractivity contribution in [1.82, 2.24) is 5.43 Å². The lowest BCUT2D eigenvalue weighted by Gasteiger charge is -1.97. The number of hydrogen-bond acceptors (Lipinski definition) is 4. The van der Waals surface area contributed by atoms with Crippen molar-refractivity contribution in [3.8, 4) is 0 Å². The lowest BCUT2D eigenvalue weighted by molar-refractivity contribution is -0.348. The van der Waals surface area contributed by atoms with Gasteiger partial charge in [-0.3, -0.25) is 0 Å². The summed E-state index contributed by atoms with van der Waals surface area (Å²) >= 11 is 0. The molecule has 0 aromatic rings. The minimum atomic E-state index is -3.05. The topological polar surface area (TPSA) is 78.8 Å². The Bertz CT molecular complexity index is 262. The molecular weight excluding hydrogens is 176 g/mol. The average Bonchev–Trinajstić information content (AvgIpc) is 2.34. The third kappa shape index (κ3) is 1.87.